The standard InChI is InChI=1S/C14H11ClN2O4/c15-12-6-1-9(7-13(12)17(20)21)8-16-11-4-2-10(3-5-11)14(18)19/h1-7,16H,8H2,(H,18,19). The van der Waals surface area contributed by atoms with Crippen LogP contribution in [0.4, 0.5) is 11.4 Å². The summed E-state index contributed by atoms with van der Waals surface area (Å²) in [5, 5.41) is 22.7. The SMILES string of the molecule is O=C(O)c1ccc(NCc2ccc(Cl)c([N+](=O)[O-])c2)cc1. The number of carboxylic acids is 1. The number of anilines is 1. The largest absolute Gasteiger partial charge is 0.478 e. The average molecular weight is 307 g/mol. The second kappa shape index (κ2) is 6.23. The van der Waals surface area contributed by atoms with Crippen LogP contribution in [0.5, 0.6) is 0 Å². The predicted octanol–water partition coefficient (Wildman–Crippen LogP) is 3.56. The summed E-state index contributed by atoms with van der Waals surface area (Å²) in [4.78, 5) is 21.0. The minimum absolute atomic E-state index is 0.0922. The van der Waals surface area contributed by atoms with Gasteiger partial charge in [0.15, 0.2) is 0 Å². The van der Waals surface area contributed by atoms with E-state index in [1.165, 1.54) is 24.3 Å². The molecule has 0 amide bonds. The molecule has 0 heterocycles. The number of aromatic carboxylic acids is 1. The first kappa shape index (κ1) is 14.8. The molecule has 0 fully saturated rings. The molecule has 0 spiro atoms. The number of nitro benzene ring substituents is 1. The monoisotopic (exact) mass is 306 g/mol. The molecule has 0 unspecified atom stereocenters. The van der Waals surface area contributed by atoms with Gasteiger partial charge in [0.1, 0.15) is 5.02 Å². The maximum Gasteiger partial charge on any atom is 0.335 e. The highest BCUT2D eigenvalue weighted by molar-refractivity contribution is 6.32. The van der Waals surface area contributed by atoms with Crippen molar-refractivity contribution in [3.8, 4) is 0 Å². The Morgan fingerprint density at radius 3 is 2.48 bits per heavy atom. The lowest BCUT2D eigenvalue weighted by atomic mass is 10.2. The second-order valence-corrected chi connectivity index (χ2v) is 4.69. The van der Waals surface area contributed by atoms with Crippen LogP contribution >= 0.6 is 11.6 Å². The third kappa shape index (κ3) is 3.70. The van der Waals surface area contributed by atoms with Gasteiger partial charge in [-0.05, 0) is 35.9 Å². The molecule has 0 saturated heterocycles. The Hall–Kier alpha value is -2.60. The number of carbonyl (C=O) groups is 1. The van der Waals surface area contributed by atoms with Gasteiger partial charge in [-0.3, -0.25) is 10.1 Å². The minimum Gasteiger partial charge on any atom is -0.478 e. The van der Waals surface area contributed by atoms with E-state index in [9.17, 15) is 14.9 Å². The molecule has 2 aromatic rings. The van der Waals surface area contributed by atoms with Crippen LogP contribution < -0.4 is 5.32 Å². The first-order valence-corrected chi connectivity index (χ1v) is 6.35. The van der Waals surface area contributed by atoms with Crippen LogP contribution in [0.3, 0.4) is 0 Å². The van der Waals surface area contributed by atoms with E-state index in [0.717, 1.165) is 5.69 Å². The number of benzene rings is 2. The molecule has 0 aliphatic carbocycles. The van der Waals surface area contributed by atoms with Crippen molar-refractivity contribution in [1.29, 1.82) is 0 Å². The number of rotatable bonds is 5. The molecule has 21 heavy (non-hydrogen) atoms. The topological polar surface area (TPSA) is 92.5 Å². The summed E-state index contributed by atoms with van der Waals surface area (Å²) in [7, 11) is 0. The molecular formula is C14H11ClN2O4. The molecule has 0 aliphatic heterocycles. The Bertz CT molecular complexity index is 686. The quantitative estimate of drug-likeness (QED) is 0.651. The minimum atomic E-state index is -0.991. The highest BCUT2D eigenvalue weighted by atomic mass is 35.5. The first-order chi connectivity index (χ1) is 9.97. The smallest absolute Gasteiger partial charge is 0.335 e. The summed E-state index contributed by atoms with van der Waals surface area (Å²) in [6.07, 6.45) is 0. The number of nitrogens with one attached hydrogen (secondary N) is 1. The van der Waals surface area contributed by atoms with Crippen LogP contribution in [-0.2, 0) is 6.54 Å². The van der Waals surface area contributed by atoms with Crippen molar-refractivity contribution in [1.82, 2.24) is 0 Å². The number of hydrogen-bond donors (Lipinski definition) is 2. The summed E-state index contributed by atoms with van der Waals surface area (Å²) in [6.45, 7) is 0.366. The second-order valence-electron chi connectivity index (χ2n) is 4.28. The molecule has 2 aromatic carbocycles. The van der Waals surface area contributed by atoms with E-state index < -0.39 is 10.9 Å². The Balaban J connectivity index is 2.07. The molecular weight excluding hydrogens is 296 g/mol. The molecule has 0 aliphatic rings. The summed E-state index contributed by atoms with van der Waals surface area (Å²) >= 11 is 5.74. The van der Waals surface area contributed by atoms with E-state index in [1.807, 2.05) is 0 Å². The van der Waals surface area contributed by atoms with Crippen molar-refractivity contribution in [2.45, 2.75) is 6.54 Å². The zero-order valence-corrected chi connectivity index (χ0v) is 11.5. The average Bonchev–Trinajstić information content (AvgIpc) is 2.46. The highest BCUT2D eigenvalue weighted by Crippen LogP contribution is 2.25. The normalized spacial score (nSPS) is 10.1. The summed E-state index contributed by atoms with van der Waals surface area (Å²) < 4.78 is 0. The highest BCUT2D eigenvalue weighted by Gasteiger charge is 2.12. The fourth-order valence-corrected chi connectivity index (χ4v) is 1.93. The summed E-state index contributed by atoms with van der Waals surface area (Å²) in [6, 6.07) is 10.8. The maximum absolute atomic E-state index is 10.8. The summed E-state index contributed by atoms with van der Waals surface area (Å²) in [5.41, 5.74) is 1.48. The first-order valence-electron chi connectivity index (χ1n) is 5.97. The Kier molecular flexibility index (Phi) is 4.39. The third-order valence-electron chi connectivity index (χ3n) is 2.84. The van der Waals surface area contributed by atoms with Crippen LogP contribution in [0.25, 0.3) is 0 Å². The van der Waals surface area contributed by atoms with Gasteiger partial charge >= 0.3 is 5.97 Å². The lowest BCUT2D eigenvalue weighted by molar-refractivity contribution is -0.384. The van der Waals surface area contributed by atoms with E-state index in [2.05, 4.69) is 5.32 Å². The molecule has 6 nitrogen and oxygen atoms in total. The number of nitrogens with zero attached hydrogens (tertiary/aromatic N) is 1. The zero-order valence-electron chi connectivity index (χ0n) is 10.7. The number of halogens is 1. The van der Waals surface area contributed by atoms with E-state index in [0.29, 0.717) is 12.1 Å². The van der Waals surface area contributed by atoms with Crippen LogP contribution in [0.2, 0.25) is 5.02 Å². The maximum atomic E-state index is 10.8. The van der Waals surface area contributed by atoms with Gasteiger partial charge in [0, 0.05) is 18.3 Å². The van der Waals surface area contributed by atoms with Crippen LogP contribution in [0.15, 0.2) is 42.5 Å². The van der Waals surface area contributed by atoms with E-state index in [1.54, 1.807) is 18.2 Å². The lowest BCUT2D eigenvalue weighted by Gasteiger charge is -2.07. The number of hydrogen-bond acceptors (Lipinski definition) is 4. The van der Waals surface area contributed by atoms with E-state index in [4.69, 9.17) is 16.7 Å². The van der Waals surface area contributed by atoms with Crippen LogP contribution in [0, 0.1) is 10.1 Å². The van der Waals surface area contributed by atoms with Crippen LogP contribution in [-0.4, -0.2) is 16.0 Å². The lowest BCUT2D eigenvalue weighted by Crippen LogP contribution is -2.01. The molecule has 0 radical (unpaired) electrons. The number of nitro groups is 1. The molecule has 0 bridgehead atoms. The van der Waals surface area contributed by atoms with E-state index >= 15 is 0 Å². The van der Waals surface area contributed by atoms with Gasteiger partial charge in [-0.1, -0.05) is 17.7 Å². The van der Waals surface area contributed by atoms with Gasteiger partial charge in [-0.25, -0.2) is 4.79 Å². The van der Waals surface area contributed by atoms with Crippen molar-refractivity contribution in [3.05, 3.63) is 68.7 Å². The van der Waals surface area contributed by atoms with Crippen molar-refractivity contribution in [2.75, 3.05) is 5.32 Å². The Morgan fingerprint density at radius 1 is 1.24 bits per heavy atom. The van der Waals surface area contributed by atoms with Crippen molar-refractivity contribution in [3.63, 3.8) is 0 Å². The van der Waals surface area contributed by atoms with E-state index in [-0.39, 0.29) is 16.3 Å². The fourth-order valence-electron chi connectivity index (χ4n) is 1.74. The van der Waals surface area contributed by atoms with Crippen molar-refractivity contribution in [2.24, 2.45) is 0 Å². The van der Waals surface area contributed by atoms with Gasteiger partial charge in [0.25, 0.3) is 5.69 Å². The summed E-state index contributed by atoms with van der Waals surface area (Å²) in [5.74, 6) is -0.991. The molecule has 2 N–H and O–H groups in total. The molecule has 0 atom stereocenters. The van der Waals surface area contributed by atoms with Crippen molar-refractivity contribution < 1.29 is 14.8 Å². The predicted molar refractivity (Wildman–Crippen MR) is 78.8 cm³/mol. The molecule has 2 rings (SSSR count). The van der Waals surface area contributed by atoms with Crippen molar-refractivity contribution >= 4 is 28.9 Å². The molecule has 0 aromatic heterocycles. The third-order valence-corrected chi connectivity index (χ3v) is 3.16. The Morgan fingerprint density at radius 2 is 1.90 bits per heavy atom. The molecule has 108 valence electrons. The number of carboxylic acid groups (broad SMARTS) is 1. The molecule has 7 heteroatoms. The van der Waals surface area contributed by atoms with Gasteiger partial charge in [0.05, 0.1) is 10.5 Å². The van der Waals surface area contributed by atoms with Gasteiger partial charge in [-0.2, -0.15) is 0 Å². The van der Waals surface area contributed by atoms with Gasteiger partial charge in [0.2, 0.25) is 0 Å². The van der Waals surface area contributed by atoms with Gasteiger partial charge < -0.3 is 10.4 Å². The van der Waals surface area contributed by atoms with Gasteiger partial charge in [-0.15, -0.1) is 0 Å². The Labute approximate surface area is 125 Å². The van der Waals surface area contributed by atoms with Crippen LogP contribution in [0.1, 0.15) is 15.9 Å². The molecule has 0 saturated carbocycles. The zero-order chi connectivity index (χ0) is 15.4. The fraction of sp³-hybridized carbons (Fsp3) is 0.0714.